The first-order chi connectivity index (χ1) is 8.29. The molecular formula is C15H25NS. The van der Waals surface area contributed by atoms with Crippen molar-refractivity contribution < 1.29 is 0 Å². The minimum Gasteiger partial charge on any atom is -0.316 e. The zero-order valence-electron chi connectivity index (χ0n) is 11.1. The van der Waals surface area contributed by atoms with E-state index < -0.39 is 0 Å². The Morgan fingerprint density at radius 2 is 1.88 bits per heavy atom. The lowest BCUT2D eigenvalue weighted by Crippen LogP contribution is -2.18. The molecule has 2 heteroatoms. The molecular weight excluding hydrogens is 226 g/mol. The Kier molecular flexibility index (Phi) is 8.20. The molecule has 0 bridgehead atoms. The minimum atomic E-state index is 0.837. The van der Waals surface area contributed by atoms with E-state index in [1.165, 1.54) is 30.7 Å². The molecule has 0 spiro atoms. The number of nitrogens with one attached hydrogen (secondary N) is 1. The Bertz CT molecular complexity index is 272. The number of benzene rings is 1. The molecule has 1 aromatic rings. The van der Waals surface area contributed by atoms with Crippen LogP contribution in [0.3, 0.4) is 0 Å². The second-order valence-electron chi connectivity index (χ2n) is 4.82. The molecule has 0 saturated heterocycles. The molecule has 1 N–H and O–H groups in total. The summed E-state index contributed by atoms with van der Waals surface area (Å²) < 4.78 is 0. The lowest BCUT2D eigenvalue weighted by molar-refractivity contribution is 0.534. The molecule has 1 nitrogen and oxygen atoms in total. The van der Waals surface area contributed by atoms with Crippen LogP contribution < -0.4 is 5.32 Å². The van der Waals surface area contributed by atoms with Gasteiger partial charge in [-0.05, 0) is 30.9 Å². The van der Waals surface area contributed by atoms with Crippen LogP contribution in [0.15, 0.2) is 30.3 Å². The first-order valence-corrected chi connectivity index (χ1v) is 7.77. The molecule has 0 radical (unpaired) electrons. The Labute approximate surface area is 110 Å². The zero-order chi connectivity index (χ0) is 12.3. The van der Waals surface area contributed by atoms with E-state index in [1.807, 2.05) is 11.8 Å². The number of rotatable bonds is 9. The van der Waals surface area contributed by atoms with Gasteiger partial charge in [0, 0.05) is 18.1 Å². The van der Waals surface area contributed by atoms with Crippen molar-refractivity contribution in [2.45, 2.75) is 32.4 Å². The van der Waals surface area contributed by atoms with Gasteiger partial charge in [0.15, 0.2) is 0 Å². The summed E-state index contributed by atoms with van der Waals surface area (Å²) in [7, 11) is 0. The lowest BCUT2D eigenvalue weighted by atomic mass is 10.1. The Balaban J connectivity index is 1.88. The van der Waals surface area contributed by atoms with Crippen LogP contribution in [0, 0.1) is 5.92 Å². The standard InChI is InChI=1S/C15H25NS/c1-14(2)7-6-10-16-11-12-17-13-15-8-4-3-5-9-15/h3-5,8-9,14,16H,6-7,10-13H2,1-2H3. The maximum atomic E-state index is 3.51. The molecule has 0 amide bonds. The molecule has 0 atom stereocenters. The quantitative estimate of drug-likeness (QED) is 0.667. The second kappa shape index (κ2) is 9.55. The van der Waals surface area contributed by atoms with Crippen molar-refractivity contribution in [2.75, 3.05) is 18.8 Å². The Morgan fingerprint density at radius 1 is 1.12 bits per heavy atom. The molecule has 0 aromatic heterocycles. The predicted octanol–water partition coefficient (Wildman–Crippen LogP) is 3.95. The van der Waals surface area contributed by atoms with E-state index in [9.17, 15) is 0 Å². The minimum absolute atomic E-state index is 0.837. The zero-order valence-corrected chi connectivity index (χ0v) is 11.9. The predicted molar refractivity (Wildman–Crippen MR) is 79.5 cm³/mol. The van der Waals surface area contributed by atoms with Crippen molar-refractivity contribution in [1.82, 2.24) is 5.32 Å². The third kappa shape index (κ3) is 8.28. The van der Waals surface area contributed by atoms with Crippen LogP contribution in [0.25, 0.3) is 0 Å². The first-order valence-electron chi connectivity index (χ1n) is 6.61. The van der Waals surface area contributed by atoms with Crippen LogP contribution >= 0.6 is 11.8 Å². The van der Waals surface area contributed by atoms with Crippen molar-refractivity contribution in [3.8, 4) is 0 Å². The summed E-state index contributed by atoms with van der Waals surface area (Å²) >= 11 is 2.01. The van der Waals surface area contributed by atoms with Crippen LogP contribution in [-0.4, -0.2) is 18.8 Å². The van der Waals surface area contributed by atoms with Crippen LogP contribution in [0.4, 0.5) is 0 Å². The highest BCUT2D eigenvalue weighted by atomic mass is 32.2. The third-order valence-electron chi connectivity index (χ3n) is 2.67. The molecule has 1 rings (SSSR count). The van der Waals surface area contributed by atoms with Crippen molar-refractivity contribution in [1.29, 1.82) is 0 Å². The smallest absolute Gasteiger partial charge is 0.0185 e. The molecule has 0 fully saturated rings. The highest BCUT2D eigenvalue weighted by Gasteiger charge is 1.94. The second-order valence-corrected chi connectivity index (χ2v) is 5.93. The fourth-order valence-corrected chi connectivity index (χ4v) is 2.53. The molecule has 96 valence electrons. The topological polar surface area (TPSA) is 12.0 Å². The van der Waals surface area contributed by atoms with Gasteiger partial charge in [-0.3, -0.25) is 0 Å². The van der Waals surface area contributed by atoms with Gasteiger partial charge in [0.1, 0.15) is 0 Å². The van der Waals surface area contributed by atoms with Crippen LogP contribution in [0.5, 0.6) is 0 Å². The molecule has 0 aliphatic heterocycles. The van der Waals surface area contributed by atoms with Gasteiger partial charge in [0.2, 0.25) is 0 Å². The summed E-state index contributed by atoms with van der Waals surface area (Å²) in [5.74, 6) is 3.18. The van der Waals surface area contributed by atoms with Gasteiger partial charge >= 0.3 is 0 Å². The van der Waals surface area contributed by atoms with Gasteiger partial charge in [-0.15, -0.1) is 0 Å². The molecule has 17 heavy (non-hydrogen) atoms. The highest BCUT2D eigenvalue weighted by molar-refractivity contribution is 7.98. The van der Waals surface area contributed by atoms with Crippen LogP contribution in [-0.2, 0) is 5.75 Å². The summed E-state index contributed by atoms with van der Waals surface area (Å²) in [5, 5.41) is 3.51. The summed E-state index contributed by atoms with van der Waals surface area (Å²) in [4.78, 5) is 0. The van der Waals surface area contributed by atoms with Crippen LogP contribution in [0.2, 0.25) is 0 Å². The molecule has 0 unspecified atom stereocenters. The maximum Gasteiger partial charge on any atom is 0.0185 e. The van der Waals surface area contributed by atoms with Gasteiger partial charge in [0.25, 0.3) is 0 Å². The molecule has 0 aliphatic rings. The first kappa shape index (κ1) is 14.6. The highest BCUT2D eigenvalue weighted by Crippen LogP contribution is 2.10. The largest absolute Gasteiger partial charge is 0.316 e. The van der Waals surface area contributed by atoms with E-state index in [0.717, 1.165) is 18.2 Å². The van der Waals surface area contributed by atoms with Gasteiger partial charge in [0.05, 0.1) is 0 Å². The van der Waals surface area contributed by atoms with E-state index >= 15 is 0 Å². The van der Waals surface area contributed by atoms with Crippen molar-refractivity contribution in [2.24, 2.45) is 5.92 Å². The Hall–Kier alpha value is -0.470. The molecule has 1 aromatic carbocycles. The molecule has 0 heterocycles. The van der Waals surface area contributed by atoms with E-state index in [0.29, 0.717) is 0 Å². The average molecular weight is 251 g/mol. The number of thioether (sulfide) groups is 1. The SMILES string of the molecule is CC(C)CCCNCCSCc1ccccc1. The van der Waals surface area contributed by atoms with Crippen molar-refractivity contribution in [3.63, 3.8) is 0 Å². The molecule has 0 aliphatic carbocycles. The van der Waals surface area contributed by atoms with E-state index in [4.69, 9.17) is 0 Å². The summed E-state index contributed by atoms with van der Waals surface area (Å²) in [6.07, 6.45) is 2.64. The third-order valence-corrected chi connectivity index (χ3v) is 3.70. The number of hydrogen-bond donors (Lipinski definition) is 1. The Morgan fingerprint density at radius 3 is 2.59 bits per heavy atom. The van der Waals surface area contributed by atoms with Crippen molar-refractivity contribution in [3.05, 3.63) is 35.9 Å². The summed E-state index contributed by atoms with van der Waals surface area (Å²) in [6, 6.07) is 10.7. The van der Waals surface area contributed by atoms with Gasteiger partial charge in [-0.2, -0.15) is 11.8 Å². The van der Waals surface area contributed by atoms with Crippen molar-refractivity contribution >= 4 is 11.8 Å². The monoisotopic (exact) mass is 251 g/mol. The average Bonchev–Trinajstić information content (AvgIpc) is 2.33. The maximum absolute atomic E-state index is 3.51. The lowest BCUT2D eigenvalue weighted by Gasteiger charge is -2.06. The van der Waals surface area contributed by atoms with E-state index in [-0.39, 0.29) is 0 Å². The molecule has 0 saturated carbocycles. The van der Waals surface area contributed by atoms with Crippen LogP contribution in [0.1, 0.15) is 32.3 Å². The van der Waals surface area contributed by atoms with E-state index in [2.05, 4.69) is 49.5 Å². The van der Waals surface area contributed by atoms with Gasteiger partial charge in [-0.25, -0.2) is 0 Å². The number of hydrogen-bond acceptors (Lipinski definition) is 2. The van der Waals surface area contributed by atoms with Gasteiger partial charge in [-0.1, -0.05) is 44.2 Å². The summed E-state index contributed by atoms with van der Waals surface area (Å²) in [6.45, 7) is 6.88. The van der Waals surface area contributed by atoms with E-state index in [1.54, 1.807) is 0 Å². The summed E-state index contributed by atoms with van der Waals surface area (Å²) in [5.41, 5.74) is 1.43. The van der Waals surface area contributed by atoms with Gasteiger partial charge < -0.3 is 5.32 Å². The normalized spacial score (nSPS) is 11.0. The fraction of sp³-hybridized carbons (Fsp3) is 0.600. The fourth-order valence-electron chi connectivity index (χ4n) is 1.67.